The van der Waals surface area contributed by atoms with Crippen molar-refractivity contribution in [2.45, 2.75) is 20.8 Å². The van der Waals surface area contributed by atoms with Crippen LogP contribution in [-0.4, -0.2) is 15.4 Å². The highest BCUT2D eigenvalue weighted by atomic mass is 79.9. The molecule has 0 saturated carbocycles. The molecule has 2 rings (SSSR count). The van der Waals surface area contributed by atoms with Gasteiger partial charge in [-0.3, -0.25) is 0 Å². The number of halogens is 1. The Morgan fingerprint density at radius 3 is 2.42 bits per heavy atom. The topological polar surface area (TPSA) is 62.2 Å². The molecule has 0 saturated heterocycles. The van der Waals surface area contributed by atoms with Gasteiger partial charge in [-0.05, 0) is 55.6 Å². The van der Waals surface area contributed by atoms with Crippen molar-refractivity contribution < 1.29 is 9.90 Å². The molecule has 0 radical (unpaired) electrons. The molecule has 0 aliphatic carbocycles. The summed E-state index contributed by atoms with van der Waals surface area (Å²) in [5.74, 6) is -0.959. The van der Waals surface area contributed by atoms with Crippen molar-refractivity contribution in [2.75, 3.05) is 5.32 Å². The maximum Gasteiger partial charge on any atom is 0.340 e. The molecule has 0 unspecified atom stereocenters. The van der Waals surface area contributed by atoms with Gasteiger partial charge in [-0.2, -0.15) is 4.37 Å². The Balaban J connectivity index is 2.39. The fraction of sp³-hybridized carbons (Fsp3) is 0.231. The van der Waals surface area contributed by atoms with Gasteiger partial charge in [-0.25, -0.2) is 4.79 Å². The number of aromatic carboxylic acids is 1. The normalized spacial score (nSPS) is 10.5. The molecule has 2 aromatic rings. The first-order valence-electron chi connectivity index (χ1n) is 5.63. The molecule has 0 aliphatic rings. The van der Waals surface area contributed by atoms with Crippen molar-refractivity contribution in [3.05, 3.63) is 39.0 Å². The van der Waals surface area contributed by atoms with E-state index in [2.05, 4.69) is 25.6 Å². The molecule has 1 heterocycles. The Morgan fingerprint density at radius 1 is 1.32 bits per heavy atom. The number of carboxylic acid groups (broad SMARTS) is 1. The molecule has 100 valence electrons. The summed E-state index contributed by atoms with van der Waals surface area (Å²) < 4.78 is 5.15. The van der Waals surface area contributed by atoms with Crippen LogP contribution in [0.2, 0.25) is 0 Å². The van der Waals surface area contributed by atoms with E-state index in [0.717, 1.165) is 32.8 Å². The smallest absolute Gasteiger partial charge is 0.340 e. The third-order valence-electron chi connectivity index (χ3n) is 2.77. The Kier molecular flexibility index (Phi) is 3.91. The average molecular weight is 341 g/mol. The highest BCUT2D eigenvalue weighted by Crippen LogP contribution is 2.31. The number of benzene rings is 1. The van der Waals surface area contributed by atoms with Crippen LogP contribution in [0.3, 0.4) is 0 Å². The number of carbonyl (C=O) groups is 1. The summed E-state index contributed by atoms with van der Waals surface area (Å²) in [6.45, 7) is 5.69. The predicted octanol–water partition coefficient (Wildman–Crippen LogP) is 4.27. The number of anilines is 2. The molecule has 0 spiro atoms. The zero-order valence-corrected chi connectivity index (χ0v) is 13.1. The van der Waals surface area contributed by atoms with Gasteiger partial charge in [0.15, 0.2) is 0 Å². The first-order chi connectivity index (χ1) is 8.90. The Hall–Kier alpha value is -1.40. The molecule has 19 heavy (non-hydrogen) atoms. The summed E-state index contributed by atoms with van der Waals surface area (Å²) in [5.41, 5.74) is 3.83. The van der Waals surface area contributed by atoms with Crippen molar-refractivity contribution in [3.8, 4) is 0 Å². The third-order valence-corrected chi connectivity index (χ3v) is 4.88. The lowest BCUT2D eigenvalue weighted by Crippen LogP contribution is -2.01. The van der Waals surface area contributed by atoms with Crippen LogP contribution >= 0.6 is 27.5 Å². The standard InChI is InChI=1S/C13H13BrN2O2S/c1-6-4-9(5-7(2)11(6)14)15-12-10(13(17)18)8(3)16-19-12/h4-5,15H,1-3H3,(H,17,18). The molecule has 1 aromatic heterocycles. The van der Waals surface area contributed by atoms with Crippen molar-refractivity contribution in [3.63, 3.8) is 0 Å². The van der Waals surface area contributed by atoms with Gasteiger partial charge >= 0.3 is 5.97 Å². The second kappa shape index (κ2) is 5.30. The number of aryl methyl sites for hydroxylation is 3. The zero-order valence-electron chi connectivity index (χ0n) is 10.7. The first-order valence-corrected chi connectivity index (χ1v) is 7.20. The van der Waals surface area contributed by atoms with Gasteiger partial charge in [0.25, 0.3) is 0 Å². The Labute approximate surface area is 123 Å². The molecule has 0 atom stereocenters. The Bertz CT molecular complexity index is 629. The lowest BCUT2D eigenvalue weighted by Gasteiger charge is -2.09. The van der Waals surface area contributed by atoms with Gasteiger partial charge < -0.3 is 10.4 Å². The molecule has 1 aromatic carbocycles. The van der Waals surface area contributed by atoms with Gasteiger partial charge in [0.1, 0.15) is 10.6 Å². The quantitative estimate of drug-likeness (QED) is 0.875. The summed E-state index contributed by atoms with van der Waals surface area (Å²) in [6, 6.07) is 3.94. The van der Waals surface area contributed by atoms with Crippen molar-refractivity contribution in [1.29, 1.82) is 0 Å². The van der Waals surface area contributed by atoms with Crippen LogP contribution in [0.1, 0.15) is 27.2 Å². The fourth-order valence-electron chi connectivity index (χ4n) is 1.86. The number of nitrogens with one attached hydrogen (secondary N) is 1. The Morgan fingerprint density at radius 2 is 1.89 bits per heavy atom. The van der Waals surface area contributed by atoms with Gasteiger partial charge in [0.2, 0.25) is 0 Å². The fourth-order valence-corrected chi connectivity index (χ4v) is 2.89. The van der Waals surface area contributed by atoms with E-state index in [0.29, 0.717) is 10.7 Å². The minimum absolute atomic E-state index is 0.239. The molecule has 0 bridgehead atoms. The van der Waals surface area contributed by atoms with Crippen LogP contribution < -0.4 is 5.32 Å². The lowest BCUT2D eigenvalue weighted by molar-refractivity contribution is 0.0697. The average Bonchev–Trinajstić information content (AvgIpc) is 2.67. The van der Waals surface area contributed by atoms with Gasteiger partial charge in [0.05, 0.1) is 5.69 Å². The monoisotopic (exact) mass is 340 g/mol. The lowest BCUT2D eigenvalue weighted by atomic mass is 10.1. The van der Waals surface area contributed by atoms with Gasteiger partial charge in [0, 0.05) is 10.2 Å². The molecule has 0 aliphatic heterocycles. The minimum atomic E-state index is -0.959. The molecular weight excluding hydrogens is 328 g/mol. The van der Waals surface area contributed by atoms with E-state index in [1.807, 2.05) is 26.0 Å². The summed E-state index contributed by atoms with van der Waals surface area (Å²) in [4.78, 5) is 11.2. The van der Waals surface area contributed by atoms with Gasteiger partial charge in [-0.15, -0.1) is 0 Å². The maximum atomic E-state index is 11.2. The van der Waals surface area contributed by atoms with Crippen LogP contribution in [0.5, 0.6) is 0 Å². The maximum absolute atomic E-state index is 11.2. The molecule has 2 N–H and O–H groups in total. The second-order valence-electron chi connectivity index (χ2n) is 4.33. The number of hydrogen-bond acceptors (Lipinski definition) is 4. The first kappa shape index (κ1) is 14.0. The van der Waals surface area contributed by atoms with E-state index in [1.165, 1.54) is 0 Å². The van der Waals surface area contributed by atoms with Crippen LogP contribution in [-0.2, 0) is 0 Å². The number of hydrogen-bond donors (Lipinski definition) is 2. The van der Waals surface area contributed by atoms with Crippen molar-refractivity contribution in [2.24, 2.45) is 0 Å². The van der Waals surface area contributed by atoms with E-state index in [1.54, 1.807) is 6.92 Å². The SMILES string of the molecule is Cc1cc(Nc2snc(C)c2C(=O)O)cc(C)c1Br. The summed E-state index contributed by atoms with van der Waals surface area (Å²) >= 11 is 4.67. The second-order valence-corrected chi connectivity index (χ2v) is 5.89. The highest BCUT2D eigenvalue weighted by Gasteiger charge is 2.17. The number of aromatic nitrogens is 1. The highest BCUT2D eigenvalue weighted by molar-refractivity contribution is 9.10. The van der Waals surface area contributed by atoms with Crippen molar-refractivity contribution >= 4 is 44.1 Å². The summed E-state index contributed by atoms with van der Waals surface area (Å²) in [6.07, 6.45) is 0. The van der Waals surface area contributed by atoms with E-state index in [9.17, 15) is 9.90 Å². The number of nitrogens with zero attached hydrogens (tertiary/aromatic N) is 1. The summed E-state index contributed by atoms with van der Waals surface area (Å²) in [7, 11) is 0. The van der Waals surface area contributed by atoms with Crippen LogP contribution in [0.15, 0.2) is 16.6 Å². The zero-order chi connectivity index (χ0) is 14.2. The molecule has 0 amide bonds. The van der Waals surface area contributed by atoms with E-state index >= 15 is 0 Å². The van der Waals surface area contributed by atoms with Crippen LogP contribution in [0, 0.1) is 20.8 Å². The van der Waals surface area contributed by atoms with Gasteiger partial charge in [-0.1, -0.05) is 15.9 Å². The number of rotatable bonds is 3. The van der Waals surface area contributed by atoms with E-state index in [-0.39, 0.29) is 5.56 Å². The largest absolute Gasteiger partial charge is 0.478 e. The molecular formula is C13H13BrN2O2S. The summed E-state index contributed by atoms with van der Waals surface area (Å²) in [5, 5.41) is 12.9. The van der Waals surface area contributed by atoms with E-state index in [4.69, 9.17) is 0 Å². The predicted molar refractivity (Wildman–Crippen MR) is 80.7 cm³/mol. The van der Waals surface area contributed by atoms with Crippen LogP contribution in [0.25, 0.3) is 0 Å². The van der Waals surface area contributed by atoms with Crippen LogP contribution in [0.4, 0.5) is 10.7 Å². The molecule has 0 fully saturated rings. The third kappa shape index (κ3) is 2.79. The van der Waals surface area contributed by atoms with E-state index < -0.39 is 5.97 Å². The molecule has 6 heteroatoms. The number of carboxylic acids is 1. The molecule has 4 nitrogen and oxygen atoms in total. The minimum Gasteiger partial charge on any atom is -0.478 e. The van der Waals surface area contributed by atoms with Crippen molar-refractivity contribution in [1.82, 2.24) is 4.37 Å².